The summed E-state index contributed by atoms with van der Waals surface area (Å²) in [6, 6.07) is 0. The van der Waals surface area contributed by atoms with Crippen molar-refractivity contribution < 1.29 is 14.2 Å². The molecule has 0 spiro atoms. The molecule has 0 heterocycles. The fourth-order valence-electron chi connectivity index (χ4n) is 0.977. The summed E-state index contributed by atoms with van der Waals surface area (Å²) in [4.78, 5) is 0. The minimum absolute atomic E-state index is 0.411. The standard InChI is InChI=1S/C12H22O3/c1-4-7-9-13-11-12(14-6-3)15-10-8-5-2/h3,12H,4-5,7-11H2,1-2H3. The second-order valence-electron chi connectivity index (χ2n) is 3.32. The number of rotatable bonds is 10. The van der Waals surface area contributed by atoms with Crippen LogP contribution in [0.2, 0.25) is 0 Å². The predicted molar refractivity (Wildman–Crippen MR) is 60.3 cm³/mol. The van der Waals surface area contributed by atoms with Crippen LogP contribution in [-0.2, 0) is 14.2 Å². The first-order valence-corrected chi connectivity index (χ1v) is 5.65. The van der Waals surface area contributed by atoms with E-state index in [1.165, 1.54) is 0 Å². The van der Waals surface area contributed by atoms with Crippen molar-refractivity contribution in [2.75, 3.05) is 19.8 Å². The van der Waals surface area contributed by atoms with Gasteiger partial charge in [0, 0.05) is 6.61 Å². The number of terminal acetylenes is 1. The van der Waals surface area contributed by atoms with Gasteiger partial charge in [0.05, 0.1) is 6.61 Å². The molecule has 0 aliphatic carbocycles. The highest BCUT2D eigenvalue weighted by atomic mass is 16.7. The van der Waals surface area contributed by atoms with Crippen LogP contribution in [-0.4, -0.2) is 26.1 Å². The molecule has 0 saturated heterocycles. The molecule has 3 heteroatoms. The molecule has 0 aliphatic heterocycles. The normalized spacial score (nSPS) is 12.1. The average Bonchev–Trinajstić information content (AvgIpc) is 2.24. The molecule has 0 fully saturated rings. The Labute approximate surface area is 93.1 Å². The molecule has 1 atom stereocenters. The van der Waals surface area contributed by atoms with Crippen LogP contribution in [0.25, 0.3) is 0 Å². The molecule has 0 aliphatic rings. The molecular weight excluding hydrogens is 192 g/mol. The van der Waals surface area contributed by atoms with Crippen LogP contribution in [0.5, 0.6) is 0 Å². The number of hydrogen-bond donors (Lipinski definition) is 0. The van der Waals surface area contributed by atoms with E-state index < -0.39 is 6.29 Å². The van der Waals surface area contributed by atoms with Gasteiger partial charge in [0.25, 0.3) is 0 Å². The van der Waals surface area contributed by atoms with Crippen LogP contribution in [0.3, 0.4) is 0 Å². The van der Waals surface area contributed by atoms with E-state index >= 15 is 0 Å². The van der Waals surface area contributed by atoms with E-state index in [0.29, 0.717) is 13.2 Å². The first kappa shape index (κ1) is 14.3. The Morgan fingerprint density at radius 3 is 2.40 bits per heavy atom. The molecule has 1 unspecified atom stereocenters. The molecule has 0 saturated carbocycles. The predicted octanol–water partition coefficient (Wildman–Crippen LogP) is 2.55. The second kappa shape index (κ2) is 11.4. The Hall–Kier alpha value is -0.720. The summed E-state index contributed by atoms with van der Waals surface area (Å²) in [6.45, 7) is 6.04. The first-order valence-electron chi connectivity index (χ1n) is 5.65. The summed E-state index contributed by atoms with van der Waals surface area (Å²) in [5, 5.41) is 0. The van der Waals surface area contributed by atoms with Gasteiger partial charge >= 0.3 is 0 Å². The molecule has 88 valence electrons. The first-order chi connectivity index (χ1) is 7.35. The van der Waals surface area contributed by atoms with E-state index in [1.54, 1.807) is 0 Å². The zero-order valence-corrected chi connectivity index (χ0v) is 9.83. The lowest BCUT2D eigenvalue weighted by Crippen LogP contribution is -2.22. The van der Waals surface area contributed by atoms with E-state index in [1.807, 2.05) is 0 Å². The van der Waals surface area contributed by atoms with Crippen molar-refractivity contribution in [3.63, 3.8) is 0 Å². The van der Waals surface area contributed by atoms with Gasteiger partial charge < -0.3 is 14.2 Å². The molecule has 0 rings (SSSR count). The number of unbranched alkanes of at least 4 members (excludes halogenated alkanes) is 2. The van der Waals surface area contributed by atoms with Crippen molar-refractivity contribution in [3.8, 4) is 12.5 Å². The van der Waals surface area contributed by atoms with Crippen LogP contribution in [0.15, 0.2) is 0 Å². The quantitative estimate of drug-likeness (QED) is 0.318. The van der Waals surface area contributed by atoms with Crippen LogP contribution in [0.1, 0.15) is 39.5 Å². The van der Waals surface area contributed by atoms with Gasteiger partial charge in [-0.1, -0.05) is 33.1 Å². The van der Waals surface area contributed by atoms with Crippen molar-refractivity contribution in [1.82, 2.24) is 0 Å². The molecule has 0 amide bonds. The Kier molecular flexibility index (Phi) is 10.8. The van der Waals surface area contributed by atoms with E-state index in [9.17, 15) is 0 Å². The van der Waals surface area contributed by atoms with Crippen LogP contribution >= 0.6 is 0 Å². The van der Waals surface area contributed by atoms with E-state index in [-0.39, 0.29) is 0 Å². The lowest BCUT2D eigenvalue weighted by Gasteiger charge is -2.15. The largest absolute Gasteiger partial charge is 0.412 e. The number of ether oxygens (including phenoxy) is 3. The summed E-state index contributed by atoms with van der Waals surface area (Å²) in [5.41, 5.74) is 0. The van der Waals surface area contributed by atoms with Crippen molar-refractivity contribution >= 4 is 0 Å². The molecule has 0 bridgehead atoms. The van der Waals surface area contributed by atoms with E-state index in [4.69, 9.17) is 20.6 Å². The number of hydrogen-bond acceptors (Lipinski definition) is 3. The maximum Gasteiger partial charge on any atom is 0.233 e. The third kappa shape index (κ3) is 9.58. The molecule has 0 aromatic carbocycles. The molecule has 0 N–H and O–H groups in total. The van der Waals surface area contributed by atoms with E-state index in [0.717, 1.165) is 32.3 Å². The van der Waals surface area contributed by atoms with Gasteiger partial charge in [-0.25, -0.2) is 0 Å². The Morgan fingerprint density at radius 2 is 1.80 bits per heavy atom. The van der Waals surface area contributed by atoms with Crippen molar-refractivity contribution in [2.45, 2.75) is 45.8 Å². The maximum atomic E-state index is 5.41. The Balaban J connectivity index is 3.50. The van der Waals surface area contributed by atoms with E-state index in [2.05, 4.69) is 20.0 Å². The second-order valence-corrected chi connectivity index (χ2v) is 3.32. The van der Waals surface area contributed by atoms with Crippen LogP contribution in [0, 0.1) is 12.5 Å². The molecular formula is C12H22O3. The topological polar surface area (TPSA) is 27.7 Å². The lowest BCUT2D eigenvalue weighted by molar-refractivity contribution is -0.136. The molecule has 0 radical (unpaired) electrons. The fourth-order valence-corrected chi connectivity index (χ4v) is 0.977. The lowest BCUT2D eigenvalue weighted by atomic mass is 10.4. The zero-order valence-electron chi connectivity index (χ0n) is 9.83. The highest BCUT2D eigenvalue weighted by molar-refractivity contribution is 4.69. The SMILES string of the molecule is C#COC(COCCCC)OCCCC. The Morgan fingerprint density at radius 1 is 1.13 bits per heavy atom. The molecule has 0 aromatic rings. The summed E-state index contributed by atoms with van der Waals surface area (Å²) >= 11 is 0. The molecule has 15 heavy (non-hydrogen) atoms. The summed E-state index contributed by atoms with van der Waals surface area (Å²) in [5.74, 6) is 0. The summed E-state index contributed by atoms with van der Waals surface area (Å²) in [6.07, 6.45) is 11.1. The van der Waals surface area contributed by atoms with Gasteiger partial charge in [-0.15, -0.1) is 0 Å². The van der Waals surface area contributed by atoms with Gasteiger partial charge in [-0.05, 0) is 12.8 Å². The van der Waals surface area contributed by atoms with Gasteiger partial charge in [0.1, 0.15) is 12.7 Å². The Bertz CT molecular complexity index is 163. The molecule has 0 aromatic heterocycles. The fraction of sp³-hybridized carbons (Fsp3) is 0.833. The van der Waals surface area contributed by atoms with Crippen LogP contribution < -0.4 is 0 Å². The highest BCUT2D eigenvalue weighted by Crippen LogP contribution is 1.99. The summed E-state index contributed by atoms with van der Waals surface area (Å²) < 4.78 is 15.7. The minimum Gasteiger partial charge on any atom is -0.412 e. The average molecular weight is 214 g/mol. The smallest absolute Gasteiger partial charge is 0.233 e. The zero-order chi connectivity index (χ0) is 11.4. The van der Waals surface area contributed by atoms with Crippen molar-refractivity contribution in [2.24, 2.45) is 0 Å². The summed E-state index contributed by atoms with van der Waals surface area (Å²) in [7, 11) is 0. The van der Waals surface area contributed by atoms with Gasteiger partial charge in [-0.3, -0.25) is 0 Å². The third-order valence-corrected chi connectivity index (χ3v) is 1.90. The minimum atomic E-state index is -0.418. The van der Waals surface area contributed by atoms with Gasteiger partial charge in [0.15, 0.2) is 0 Å². The van der Waals surface area contributed by atoms with Gasteiger partial charge in [-0.2, -0.15) is 0 Å². The van der Waals surface area contributed by atoms with Crippen LogP contribution in [0.4, 0.5) is 0 Å². The van der Waals surface area contributed by atoms with Crippen molar-refractivity contribution in [3.05, 3.63) is 0 Å². The van der Waals surface area contributed by atoms with Crippen molar-refractivity contribution in [1.29, 1.82) is 0 Å². The van der Waals surface area contributed by atoms with Gasteiger partial charge in [0.2, 0.25) is 6.29 Å². The highest BCUT2D eigenvalue weighted by Gasteiger charge is 2.08. The monoisotopic (exact) mass is 214 g/mol. The maximum absolute atomic E-state index is 5.41. The third-order valence-electron chi connectivity index (χ3n) is 1.90. The molecule has 3 nitrogen and oxygen atoms in total.